The molecule has 2 heterocycles. The van der Waals surface area contributed by atoms with Crippen LogP contribution in [0.2, 0.25) is 0 Å². The summed E-state index contributed by atoms with van der Waals surface area (Å²) in [5.74, 6) is 0.402. The highest BCUT2D eigenvalue weighted by molar-refractivity contribution is 7.33. The summed E-state index contributed by atoms with van der Waals surface area (Å²) in [6.45, 7) is 1.66. The molecule has 0 aromatic heterocycles. The van der Waals surface area contributed by atoms with Gasteiger partial charge in [-0.3, -0.25) is 0 Å². The van der Waals surface area contributed by atoms with E-state index >= 15 is 0 Å². The highest BCUT2D eigenvalue weighted by Gasteiger charge is 2.29. The third-order valence-electron chi connectivity index (χ3n) is 0.967. The lowest BCUT2D eigenvalue weighted by Gasteiger charge is -1.91. The van der Waals surface area contributed by atoms with Gasteiger partial charge in [0.2, 0.25) is 0 Å². The molecular weight excluding hydrogens is 127 g/mol. The van der Waals surface area contributed by atoms with Crippen LogP contribution in [0.4, 0.5) is 0 Å². The zero-order valence-electron chi connectivity index (χ0n) is 4.29. The molecule has 0 saturated carbocycles. The Morgan fingerprint density at radius 3 is 2.62 bits per heavy atom. The van der Waals surface area contributed by atoms with Crippen LogP contribution in [-0.4, -0.2) is 25.3 Å². The fourth-order valence-corrected chi connectivity index (χ4v) is 1.05. The van der Waals surface area contributed by atoms with Crippen molar-refractivity contribution in [2.75, 3.05) is 13.2 Å². The Hall–Kier alpha value is 0.310. The van der Waals surface area contributed by atoms with Crippen molar-refractivity contribution >= 4 is 8.81 Å². The number of ether oxygens (including phenoxy) is 2. The standard InChI is InChI=1S/C4H7O3P/c1-3(5-1)7-8-4-2-6-4/h3-4,8H,1-2H2. The molecule has 2 aliphatic rings. The van der Waals surface area contributed by atoms with E-state index in [9.17, 15) is 0 Å². The zero-order chi connectivity index (χ0) is 5.40. The summed E-state index contributed by atoms with van der Waals surface area (Å²) in [5, 5.41) is 0. The lowest BCUT2D eigenvalue weighted by molar-refractivity contribution is 0.200. The molecule has 0 aromatic rings. The molecule has 0 radical (unpaired) electrons. The molecule has 2 saturated heterocycles. The Balaban J connectivity index is 1.56. The molecule has 0 N–H and O–H groups in total. The molecule has 3 nitrogen and oxygen atoms in total. The topological polar surface area (TPSA) is 34.3 Å². The first-order chi connectivity index (χ1) is 3.95. The van der Waals surface area contributed by atoms with Crippen LogP contribution in [0.1, 0.15) is 0 Å². The summed E-state index contributed by atoms with van der Waals surface area (Å²) < 4.78 is 14.9. The van der Waals surface area contributed by atoms with Gasteiger partial charge in [-0.15, -0.1) is 0 Å². The van der Waals surface area contributed by atoms with Gasteiger partial charge < -0.3 is 14.0 Å². The Labute approximate surface area is 49.2 Å². The molecule has 3 unspecified atom stereocenters. The Morgan fingerprint density at radius 2 is 2.12 bits per heavy atom. The van der Waals surface area contributed by atoms with Crippen molar-refractivity contribution < 1.29 is 14.0 Å². The van der Waals surface area contributed by atoms with Gasteiger partial charge in [-0.05, 0) is 0 Å². The van der Waals surface area contributed by atoms with E-state index in [0.717, 1.165) is 13.2 Å². The lowest BCUT2D eigenvalue weighted by atomic mass is 10.9. The van der Waals surface area contributed by atoms with Gasteiger partial charge in [-0.2, -0.15) is 0 Å². The molecule has 46 valence electrons. The van der Waals surface area contributed by atoms with Crippen molar-refractivity contribution in [3.05, 3.63) is 0 Å². The second-order valence-electron chi connectivity index (χ2n) is 1.82. The molecule has 8 heavy (non-hydrogen) atoms. The minimum Gasteiger partial charge on any atom is -0.366 e. The van der Waals surface area contributed by atoms with Crippen LogP contribution in [0, 0.1) is 0 Å². The van der Waals surface area contributed by atoms with E-state index in [-0.39, 0.29) is 6.29 Å². The summed E-state index contributed by atoms with van der Waals surface area (Å²) in [4.78, 5) is 0. The van der Waals surface area contributed by atoms with E-state index in [1.807, 2.05) is 0 Å². The van der Waals surface area contributed by atoms with Gasteiger partial charge in [-0.1, -0.05) is 0 Å². The highest BCUT2D eigenvalue weighted by atomic mass is 31.1. The zero-order valence-corrected chi connectivity index (χ0v) is 5.29. The van der Waals surface area contributed by atoms with Crippen molar-refractivity contribution in [1.29, 1.82) is 0 Å². The van der Waals surface area contributed by atoms with E-state index in [0.29, 0.717) is 14.7 Å². The number of hydrogen-bond donors (Lipinski definition) is 0. The molecular formula is C4H7O3P. The van der Waals surface area contributed by atoms with Gasteiger partial charge in [0.15, 0.2) is 6.29 Å². The third-order valence-corrected chi connectivity index (χ3v) is 1.96. The van der Waals surface area contributed by atoms with Crippen LogP contribution in [0.15, 0.2) is 0 Å². The van der Waals surface area contributed by atoms with Crippen LogP contribution >= 0.6 is 8.81 Å². The molecule has 0 amide bonds. The third kappa shape index (κ3) is 1.39. The SMILES string of the molecule is C1OC1OPC1CO1. The van der Waals surface area contributed by atoms with E-state index in [1.54, 1.807) is 0 Å². The summed E-state index contributed by atoms with van der Waals surface area (Å²) in [7, 11) is 0.495. The molecule has 0 bridgehead atoms. The van der Waals surface area contributed by atoms with E-state index in [4.69, 9.17) is 14.0 Å². The van der Waals surface area contributed by atoms with Crippen LogP contribution in [-0.2, 0) is 14.0 Å². The Kier molecular flexibility index (Phi) is 1.23. The van der Waals surface area contributed by atoms with Crippen LogP contribution in [0.5, 0.6) is 0 Å². The minimum absolute atomic E-state index is 0.109. The largest absolute Gasteiger partial charge is 0.366 e. The first-order valence-corrected chi connectivity index (χ1v) is 3.58. The maximum atomic E-state index is 5.16. The van der Waals surface area contributed by atoms with Gasteiger partial charge in [-0.25, -0.2) is 0 Å². The molecule has 4 heteroatoms. The average molecular weight is 134 g/mol. The summed E-state index contributed by atoms with van der Waals surface area (Å²) in [6.07, 6.45) is 0.109. The van der Waals surface area contributed by atoms with Crippen molar-refractivity contribution in [3.63, 3.8) is 0 Å². The predicted molar refractivity (Wildman–Crippen MR) is 28.9 cm³/mol. The normalized spacial score (nSPS) is 43.5. The average Bonchev–Trinajstić information content (AvgIpc) is 2.60. The van der Waals surface area contributed by atoms with Crippen LogP contribution in [0.3, 0.4) is 0 Å². The Bertz CT molecular complexity index is 77.3. The fourth-order valence-electron chi connectivity index (χ4n) is 0.375. The van der Waals surface area contributed by atoms with Crippen molar-refractivity contribution in [2.45, 2.75) is 12.1 Å². The smallest absolute Gasteiger partial charge is 0.184 e. The second kappa shape index (κ2) is 1.92. The number of epoxide rings is 2. The van der Waals surface area contributed by atoms with Gasteiger partial charge in [0, 0.05) is 0 Å². The summed E-state index contributed by atoms with van der Waals surface area (Å²) in [5.41, 5.74) is 0. The lowest BCUT2D eigenvalue weighted by Crippen LogP contribution is -1.83. The van der Waals surface area contributed by atoms with Gasteiger partial charge in [0.1, 0.15) is 12.5 Å². The van der Waals surface area contributed by atoms with Crippen molar-refractivity contribution in [2.24, 2.45) is 0 Å². The van der Waals surface area contributed by atoms with Gasteiger partial charge >= 0.3 is 0 Å². The maximum Gasteiger partial charge on any atom is 0.184 e. The minimum atomic E-state index is 0.109. The highest BCUT2D eigenvalue weighted by Crippen LogP contribution is 2.34. The Morgan fingerprint density at radius 1 is 1.38 bits per heavy atom. The van der Waals surface area contributed by atoms with Crippen molar-refractivity contribution in [1.82, 2.24) is 0 Å². The van der Waals surface area contributed by atoms with Crippen LogP contribution in [0.25, 0.3) is 0 Å². The molecule has 0 spiro atoms. The number of rotatable bonds is 3. The molecule has 0 aliphatic carbocycles. The monoisotopic (exact) mass is 134 g/mol. The molecule has 0 aromatic carbocycles. The van der Waals surface area contributed by atoms with E-state index < -0.39 is 0 Å². The fraction of sp³-hybridized carbons (Fsp3) is 1.00. The van der Waals surface area contributed by atoms with Crippen molar-refractivity contribution in [3.8, 4) is 0 Å². The maximum absolute atomic E-state index is 5.16. The molecule has 3 atom stereocenters. The van der Waals surface area contributed by atoms with Gasteiger partial charge in [0.05, 0.1) is 15.4 Å². The molecule has 2 fully saturated rings. The first-order valence-electron chi connectivity index (χ1n) is 2.59. The van der Waals surface area contributed by atoms with Crippen LogP contribution < -0.4 is 0 Å². The summed E-state index contributed by atoms with van der Waals surface area (Å²) in [6, 6.07) is 0. The van der Waals surface area contributed by atoms with E-state index in [2.05, 4.69) is 0 Å². The second-order valence-corrected chi connectivity index (χ2v) is 2.94. The molecule has 2 aliphatic heterocycles. The molecule has 2 rings (SSSR count). The number of hydrogen-bond acceptors (Lipinski definition) is 3. The predicted octanol–water partition coefficient (Wildman–Crippen LogP) is 0.309. The quantitative estimate of drug-likeness (QED) is 0.411. The van der Waals surface area contributed by atoms with Gasteiger partial charge in [0.25, 0.3) is 0 Å². The summed E-state index contributed by atoms with van der Waals surface area (Å²) >= 11 is 0. The van der Waals surface area contributed by atoms with E-state index in [1.165, 1.54) is 0 Å². The first kappa shape index (κ1) is 5.12.